The van der Waals surface area contributed by atoms with E-state index in [1.807, 2.05) is 0 Å². The summed E-state index contributed by atoms with van der Waals surface area (Å²) in [7, 11) is 0.456. The molecule has 0 aliphatic heterocycles. The van der Waals surface area contributed by atoms with Crippen LogP contribution in [-0.2, 0) is 15.0 Å². The molecule has 148 valence electrons. The third-order valence-corrected chi connectivity index (χ3v) is 6.40. The Morgan fingerprint density at radius 3 is 2.52 bits per heavy atom. The number of pyridine rings is 1. The van der Waals surface area contributed by atoms with Crippen LogP contribution in [0.25, 0.3) is 5.69 Å². The van der Waals surface area contributed by atoms with Crippen LogP contribution in [0.2, 0.25) is 5.15 Å². The molecule has 1 amide bonds. The first-order chi connectivity index (χ1) is 12.6. The molecule has 0 bridgehead atoms. The standard InChI is InChI=1S/C16H23ClN6O3S/c1-6-22(16(24)12(2)21(5)27(25,26)20(3)4)14-11-23(19-15(14)17)13-8-7-9-18-10-13/h7-12H,6H2,1-5H3. The lowest BCUT2D eigenvalue weighted by atomic mass is 10.2. The molecule has 1 unspecified atom stereocenters. The lowest BCUT2D eigenvalue weighted by molar-refractivity contribution is -0.121. The highest BCUT2D eigenvalue weighted by Crippen LogP contribution is 2.27. The first-order valence-corrected chi connectivity index (χ1v) is 10.0. The van der Waals surface area contributed by atoms with E-state index in [2.05, 4.69) is 10.1 Å². The van der Waals surface area contributed by atoms with Crippen molar-refractivity contribution in [3.05, 3.63) is 35.9 Å². The van der Waals surface area contributed by atoms with Crippen LogP contribution in [0.5, 0.6) is 0 Å². The van der Waals surface area contributed by atoms with Gasteiger partial charge in [0.2, 0.25) is 5.91 Å². The number of halogens is 1. The molecule has 0 aromatic carbocycles. The summed E-state index contributed by atoms with van der Waals surface area (Å²) in [5, 5.41) is 4.36. The molecule has 2 rings (SSSR count). The zero-order valence-electron chi connectivity index (χ0n) is 15.9. The van der Waals surface area contributed by atoms with Crippen molar-refractivity contribution >= 4 is 33.4 Å². The smallest absolute Gasteiger partial charge is 0.281 e. The van der Waals surface area contributed by atoms with Crippen molar-refractivity contribution in [2.75, 3.05) is 32.6 Å². The Balaban J connectivity index is 2.34. The minimum absolute atomic E-state index is 0.138. The Kier molecular flexibility index (Phi) is 6.58. The molecule has 0 saturated heterocycles. The van der Waals surface area contributed by atoms with E-state index in [-0.39, 0.29) is 5.15 Å². The molecule has 2 aromatic rings. The zero-order chi connectivity index (χ0) is 20.4. The van der Waals surface area contributed by atoms with Crippen molar-refractivity contribution in [3.8, 4) is 5.69 Å². The third kappa shape index (κ3) is 4.29. The van der Waals surface area contributed by atoms with Crippen LogP contribution < -0.4 is 4.90 Å². The predicted octanol–water partition coefficient (Wildman–Crippen LogP) is 1.40. The quantitative estimate of drug-likeness (QED) is 0.682. The van der Waals surface area contributed by atoms with E-state index in [4.69, 9.17) is 11.6 Å². The number of anilines is 1. The van der Waals surface area contributed by atoms with E-state index in [0.29, 0.717) is 17.9 Å². The largest absolute Gasteiger partial charge is 0.307 e. The maximum absolute atomic E-state index is 13.0. The number of nitrogens with zero attached hydrogens (tertiary/aromatic N) is 6. The van der Waals surface area contributed by atoms with Gasteiger partial charge in [0.05, 0.1) is 18.1 Å². The molecule has 2 heterocycles. The van der Waals surface area contributed by atoms with Crippen molar-refractivity contribution in [1.29, 1.82) is 0 Å². The molecule has 0 aliphatic rings. The first kappa shape index (κ1) is 21.3. The Bertz CT molecular complexity index is 900. The summed E-state index contributed by atoms with van der Waals surface area (Å²) in [5.74, 6) is -0.405. The van der Waals surface area contributed by atoms with Gasteiger partial charge in [-0.3, -0.25) is 9.78 Å². The van der Waals surface area contributed by atoms with Gasteiger partial charge < -0.3 is 4.90 Å². The van der Waals surface area contributed by atoms with Crippen LogP contribution in [0.3, 0.4) is 0 Å². The highest BCUT2D eigenvalue weighted by atomic mass is 35.5. The van der Waals surface area contributed by atoms with E-state index in [1.54, 1.807) is 37.6 Å². The van der Waals surface area contributed by atoms with Gasteiger partial charge >= 0.3 is 0 Å². The van der Waals surface area contributed by atoms with Gasteiger partial charge in [-0.1, -0.05) is 11.6 Å². The van der Waals surface area contributed by atoms with Gasteiger partial charge in [0.25, 0.3) is 10.2 Å². The number of carbonyl (C=O) groups is 1. The normalized spacial score (nSPS) is 13.2. The minimum Gasteiger partial charge on any atom is -0.307 e. The number of aromatic nitrogens is 3. The number of rotatable bonds is 7. The predicted molar refractivity (Wildman–Crippen MR) is 104 cm³/mol. The Morgan fingerprint density at radius 2 is 2.00 bits per heavy atom. The average Bonchev–Trinajstić information content (AvgIpc) is 3.03. The maximum atomic E-state index is 13.0. The van der Waals surface area contributed by atoms with Gasteiger partial charge in [0, 0.05) is 33.9 Å². The van der Waals surface area contributed by atoms with Crippen LogP contribution in [0.1, 0.15) is 13.8 Å². The molecule has 0 spiro atoms. The Hall–Kier alpha value is -2.01. The fourth-order valence-electron chi connectivity index (χ4n) is 2.43. The minimum atomic E-state index is -3.74. The van der Waals surface area contributed by atoms with Crippen LogP contribution >= 0.6 is 11.6 Å². The van der Waals surface area contributed by atoms with Crippen molar-refractivity contribution < 1.29 is 13.2 Å². The summed E-state index contributed by atoms with van der Waals surface area (Å²) in [5.41, 5.74) is 1.09. The molecule has 27 heavy (non-hydrogen) atoms. The van der Waals surface area contributed by atoms with Crippen LogP contribution in [0, 0.1) is 0 Å². The van der Waals surface area contributed by atoms with Gasteiger partial charge in [-0.2, -0.15) is 22.1 Å². The molecular weight excluding hydrogens is 392 g/mol. The highest BCUT2D eigenvalue weighted by molar-refractivity contribution is 7.86. The third-order valence-electron chi connectivity index (χ3n) is 4.16. The lowest BCUT2D eigenvalue weighted by Gasteiger charge is -2.30. The summed E-state index contributed by atoms with van der Waals surface area (Å²) in [6.07, 6.45) is 4.87. The van der Waals surface area contributed by atoms with Crippen LogP contribution in [0.4, 0.5) is 5.69 Å². The van der Waals surface area contributed by atoms with Gasteiger partial charge in [-0.05, 0) is 26.0 Å². The molecule has 9 nitrogen and oxygen atoms in total. The Labute approximate surface area is 164 Å². The first-order valence-electron chi connectivity index (χ1n) is 8.23. The molecular formula is C16H23ClN6O3S. The summed E-state index contributed by atoms with van der Waals surface area (Å²) in [6.45, 7) is 3.62. The summed E-state index contributed by atoms with van der Waals surface area (Å²) in [4.78, 5) is 18.4. The number of hydrogen-bond acceptors (Lipinski definition) is 5. The van der Waals surface area contributed by atoms with E-state index in [0.717, 1.165) is 8.61 Å². The van der Waals surface area contributed by atoms with E-state index >= 15 is 0 Å². The summed E-state index contributed by atoms with van der Waals surface area (Å²) < 4.78 is 28.2. The monoisotopic (exact) mass is 414 g/mol. The number of amides is 1. The molecule has 11 heteroatoms. The number of carbonyl (C=O) groups excluding carboxylic acids is 1. The average molecular weight is 415 g/mol. The maximum Gasteiger partial charge on any atom is 0.281 e. The second-order valence-electron chi connectivity index (χ2n) is 6.03. The Morgan fingerprint density at radius 1 is 1.33 bits per heavy atom. The second-order valence-corrected chi connectivity index (χ2v) is 8.59. The molecule has 1 atom stereocenters. The van der Waals surface area contributed by atoms with Gasteiger partial charge in [0.1, 0.15) is 11.7 Å². The zero-order valence-corrected chi connectivity index (χ0v) is 17.4. The lowest BCUT2D eigenvalue weighted by Crippen LogP contribution is -2.50. The van der Waals surface area contributed by atoms with Crippen molar-refractivity contribution in [2.24, 2.45) is 0 Å². The summed E-state index contributed by atoms with van der Waals surface area (Å²) in [6, 6.07) is 2.64. The fraction of sp³-hybridized carbons (Fsp3) is 0.438. The van der Waals surface area contributed by atoms with Crippen molar-refractivity contribution in [1.82, 2.24) is 23.4 Å². The van der Waals surface area contributed by atoms with Crippen molar-refractivity contribution in [2.45, 2.75) is 19.9 Å². The molecule has 0 saturated carbocycles. The molecule has 0 aliphatic carbocycles. The fourth-order valence-corrected chi connectivity index (χ4v) is 3.67. The van der Waals surface area contributed by atoms with Crippen molar-refractivity contribution in [3.63, 3.8) is 0 Å². The SMILES string of the molecule is CCN(C(=O)C(C)N(C)S(=O)(=O)N(C)C)c1cn(-c2cccnc2)nc1Cl. The van der Waals surface area contributed by atoms with E-state index < -0.39 is 22.2 Å². The van der Waals surface area contributed by atoms with Gasteiger partial charge in [-0.15, -0.1) is 0 Å². The second kappa shape index (κ2) is 8.34. The molecule has 0 N–H and O–H groups in total. The number of hydrogen-bond donors (Lipinski definition) is 0. The molecule has 0 radical (unpaired) electrons. The van der Waals surface area contributed by atoms with E-state index in [9.17, 15) is 13.2 Å². The number of likely N-dealkylation sites (N-methyl/N-ethyl adjacent to an activating group) is 2. The van der Waals surface area contributed by atoms with Crippen LogP contribution in [0.15, 0.2) is 30.7 Å². The summed E-state index contributed by atoms with van der Waals surface area (Å²) >= 11 is 6.25. The molecule has 2 aromatic heterocycles. The van der Waals surface area contributed by atoms with Crippen LogP contribution in [-0.4, -0.2) is 71.4 Å². The highest BCUT2D eigenvalue weighted by Gasteiger charge is 2.33. The van der Waals surface area contributed by atoms with Gasteiger partial charge in [0.15, 0.2) is 5.15 Å². The topological polar surface area (TPSA) is 91.6 Å². The van der Waals surface area contributed by atoms with Gasteiger partial charge in [-0.25, -0.2) is 4.68 Å². The molecule has 0 fully saturated rings. The van der Waals surface area contributed by atoms with E-state index in [1.165, 1.54) is 37.6 Å².